The molecule has 0 unspecified atom stereocenters. The minimum absolute atomic E-state index is 0.0137. The summed E-state index contributed by atoms with van der Waals surface area (Å²) in [5.74, 6) is 1.26. The molecule has 3 aromatic heterocycles. The molecule has 3 heterocycles. The molecule has 0 saturated heterocycles. The number of carboxylic acid groups (broad SMARTS) is 1. The van der Waals surface area contributed by atoms with Gasteiger partial charge in [-0.3, -0.25) is 4.40 Å². The third-order valence-electron chi connectivity index (χ3n) is 6.04. The van der Waals surface area contributed by atoms with Crippen molar-refractivity contribution >= 4 is 23.5 Å². The third kappa shape index (κ3) is 4.90. The largest absolute Gasteiger partial charge is 0.465 e. The van der Waals surface area contributed by atoms with Gasteiger partial charge in [0.25, 0.3) is 0 Å². The van der Waals surface area contributed by atoms with E-state index in [1.165, 1.54) is 0 Å². The number of fused-ring (bicyclic) bond motifs is 1. The molecule has 0 atom stereocenters. The number of anilines is 2. The SMILES string of the molecule is O=C(O)NC1CCC(Nc2nccn3c(-c4ccnc(NCc5ccccc5)n4)cnc23)CC1. The fourth-order valence-corrected chi connectivity index (χ4v) is 4.32. The van der Waals surface area contributed by atoms with E-state index in [4.69, 9.17) is 5.11 Å². The lowest BCUT2D eigenvalue weighted by atomic mass is 9.91. The lowest BCUT2D eigenvalue weighted by Crippen LogP contribution is -2.39. The van der Waals surface area contributed by atoms with Crippen LogP contribution in [0.2, 0.25) is 0 Å². The number of amides is 1. The molecular formula is C24H26N8O2. The fourth-order valence-electron chi connectivity index (χ4n) is 4.32. The number of benzene rings is 1. The van der Waals surface area contributed by atoms with Gasteiger partial charge in [-0.05, 0) is 37.3 Å². The van der Waals surface area contributed by atoms with E-state index in [-0.39, 0.29) is 12.1 Å². The summed E-state index contributed by atoms with van der Waals surface area (Å²) in [7, 11) is 0. The van der Waals surface area contributed by atoms with E-state index in [9.17, 15) is 4.79 Å². The van der Waals surface area contributed by atoms with Crippen molar-refractivity contribution in [3.8, 4) is 11.4 Å². The average Bonchev–Trinajstić information content (AvgIpc) is 3.30. The van der Waals surface area contributed by atoms with Crippen LogP contribution in [0.3, 0.4) is 0 Å². The van der Waals surface area contributed by atoms with Crippen molar-refractivity contribution in [2.24, 2.45) is 0 Å². The minimum Gasteiger partial charge on any atom is -0.465 e. The molecule has 0 spiro atoms. The molecule has 1 aliphatic rings. The average molecular weight is 459 g/mol. The Bertz CT molecular complexity index is 1270. The standard InChI is InChI=1S/C24H26N8O2/c33-24(34)30-18-8-6-17(7-9-18)29-21-22-27-15-20(32(22)13-12-25-21)19-10-11-26-23(31-19)28-14-16-4-2-1-3-5-16/h1-5,10-13,15,17-18,30H,6-9,14H2,(H,25,29)(H,33,34)(H,26,28,31). The van der Waals surface area contributed by atoms with Crippen LogP contribution in [0, 0.1) is 0 Å². The zero-order chi connectivity index (χ0) is 23.3. The van der Waals surface area contributed by atoms with Crippen LogP contribution < -0.4 is 16.0 Å². The normalized spacial score (nSPS) is 17.9. The van der Waals surface area contributed by atoms with Crippen LogP contribution in [0.25, 0.3) is 17.0 Å². The molecule has 4 N–H and O–H groups in total. The number of aromatic nitrogens is 5. The number of hydrogen-bond acceptors (Lipinski definition) is 7. The Morgan fingerprint density at radius 3 is 2.59 bits per heavy atom. The van der Waals surface area contributed by atoms with Crippen LogP contribution in [-0.2, 0) is 6.54 Å². The van der Waals surface area contributed by atoms with E-state index in [2.05, 4.69) is 48.0 Å². The first-order valence-corrected chi connectivity index (χ1v) is 11.3. The van der Waals surface area contributed by atoms with Gasteiger partial charge >= 0.3 is 6.09 Å². The predicted molar refractivity (Wildman–Crippen MR) is 129 cm³/mol. The molecule has 0 aliphatic heterocycles. The number of nitrogens with zero attached hydrogens (tertiary/aromatic N) is 5. The highest BCUT2D eigenvalue weighted by Crippen LogP contribution is 2.26. The van der Waals surface area contributed by atoms with E-state index in [1.807, 2.05) is 34.9 Å². The zero-order valence-corrected chi connectivity index (χ0v) is 18.6. The first-order valence-electron chi connectivity index (χ1n) is 11.3. The topological polar surface area (TPSA) is 129 Å². The summed E-state index contributed by atoms with van der Waals surface area (Å²) in [6.45, 7) is 0.639. The van der Waals surface area contributed by atoms with Crippen LogP contribution in [0.5, 0.6) is 0 Å². The Labute approximate surface area is 196 Å². The zero-order valence-electron chi connectivity index (χ0n) is 18.6. The van der Waals surface area contributed by atoms with Crippen molar-refractivity contribution in [1.82, 2.24) is 29.7 Å². The smallest absolute Gasteiger partial charge is 0.404 e. The molecule has 4 aromatic rings. The van der Waals surface area contributed by atoms with Gasteiger partial charge in [-0.2, -0.15) is 0 Å². The first kappa shape index (κ1) is 21.6. The fraction of sp³-hybridized carbons (Fsp3) is 0.292. The van der Waals surface area contributed by atoms with Gasteiger partial charge in [0.1, 0.15) is 0 Å². The summed E-state index contributed by atoms with van der Waals surface area (Å²) >= 11 is 0. The first-order chi connectivity index (χ1) is 16.7. The molecule has 34 heavy (non-hydrogen) atoms. The quantitative estimate of drug-likeness (QED) is 0.329. The molecule has 0 radical (unpaired) electrons. The molecule has 10 heteroatoms. The summed E-state index contributed by atoms with van der Waals surface area (Å²) in [6.07, 6.45) is 9.50. The molecular weight excluding hydrogens is 432 g/mol. The molecule has 5 rings (SSSR count). The van der Waals surface area contributed by atoms with Crippen molar-refractivity contribution in [3.05, 3.63) is 66.7 Å². The Hall–Kier alpha value is -4.21. The van der Waals surface area contributed by atoms with Crippen molar-refractivity contribution in [3.63, 3.8) is 0 Å². The molecule has 1 aliphatic carbocycles. The second-order valence-corrected chi connectivity index (χ2v) is 8.36. The Kier molecular flexibility index (Phi) is 6.19. The molecule has 1 saturated carbocycles. The highest BCUT2D eigenvalue weighted by atomic mass is 16.4. The number of carbonyl (C=O) groups is 1. The highest BCUT2D eigenvalue weighted by Gasteiger charge is 2.23. The molecule has 1 amide bonds. The van der Waals surface area contributed by atoms with E-state index >= 15 is 0 Å². The monoisotopic (exact) mass is 458 g/mol. The maximum absolute atomic E-state index is 10.9. The van der Waals surface area contributed by atoms with Gasteiger partial charge in [0.15, 0.2) is 11.5 Å². The van der Waals surface area contributed by atoms with Gasteiger partial charge in [0.2, 0.25) is 5.95 Å². The van der Waals surface area contributed by atoms with Crippen LogP contribution in [0.4, 0.5) is 16.6 Å². The van der Waals surface area contributed by atoms with Crippen molar-refractivity contribution < 1.29 is 9.90 Å². The maximum atomic E-state index is 10.9. The molecule has 1 fully saturated rings. The van der Waals surface area contributed by atoms with E-state index < -0.39 is 6.09 Å². The Morgan fingerprint density at radius 1 is 1.00 bits per heavy atom. The Balaban J connectivity index is 1.30. The van der Waals surface area contributed by atoms with Crippen molar-refractivity contribution in [2.45, 2.75) is 44.3 Å². The maximum Gasteiger partial charge on any atom is 0.404 e. The van der Waals surface area contributed by atoms with Gasteiger partial charge in [0, 0.05) is 37.2 Å². The van der Waals surface area contributed by atoms with Crippen LogP contribution >= 0.6 is 0 Å². The number of imidazole rings is 1. The summed E-state index contributed by atoms with van der Waals surface area (Å²) in [6, 6.07) is 12.2. The molecule has 10 nitrogen and oxygen atoms in total. The van der Waals surface area contributed by atoms with Gasteiger partial charge < -0.3 is 21.1 Å². The van der Waals surface area contributed by atoms with E-state index in [0.29, 0.717) is 18.3 Å². The lowest BCUT2D eigenvalue weighted by Gasteiger charge is -2.29. The summed E-state index contributed by atoms with van der Waals surface area (Å²) in [5, 5.41) is 18.3. The number of hydrogen-bond donors (Lipinski definition) is 4. The highest BCUT2D eigenvalue weighted by molar-refractivity contribution is 5.69. The van der Waals surface area contributed by atoms with E-state index in [0.717, 1.165) is 48.3 Å². The van der Waals surface area contributed by atoms with Crippen LogP contribution in [-0.4, -0.2) is 47.6 Å². The number of nitrogens with one attached hydrogen (secondary N) is 3. The summed E-state index contributed by atoms with van der Waals surface area (Å²) in [4.78, 5) is 29.0. The lowest BCUT2D eigenvalue weighted by molar-refractivity contribution is 0.185. The van der Waals surface area contributed by atoms with Gasteiger partial charge in [0.05, 0.1) is 17.6 Å². The molecule has 1 aromatic carbocycles. The predicted octanol–water partition coefficient (Wildman–Crippen LogP) is 3.79. The molecule has 0 bridgehead atoms. The minimum atomic E-state index is -0.962. The van der Waals surface area contributed by atoms with Gasteiger partial charge in [-0.25, -0.2) is 24.7 Å². The third-order valence-corrected chi connectivity index (χ3v) is 6.04. The van der Waals surface area contributed by atoms with Crippen LogP contribution in [0.15, 0.2) is 61.2 Å². The Morgan fingerprint density at radius 2 is 1.79 bits per heavy atom. The summed E-state index contributed by atoms with van der Waals surface area (Å²) in [5.41, 5.74) is 3.48. The second-order valence-electron chi connectivity index (χ2n) is 8.36. The van der Waals surface area contributed by atoms with Crippen molar-refractivity contribution in [2.75, 3.05) is 10.6 Å². The second kappa shape index (κ2) is 9.74. The van der Waals surface area contributed by atoms with Crippen LogP contribution in [0.1, 0.15) is 31.2 Å². The van der Waals surface area contributed by atoms with Crippen molar-refractivity contribution in [1.29, 1.82) is 0 Å². The summed E-state index contributed by atoms with van der Waals surface area (Å²) < 4.78 is 1.97. The van der Waals surface area contributed by atoms with E-state index in [1.54, 1.807) is 18.6 Å². The number of rotatable bonds is 7. The molecule has 174 valence electrons. The van der Waals surface area contributed by atoms with Gasteiger partial charge in [-0.15, -0.1) is 0 Å². The van der Waals surface area contributed by atoms with Gasteiger partial charge in [-0.1, -0.05) is 30.3 Å².